The lowest BCUT2D eigenvalue weighted by molar-refractivity contribution is -0.113. The number of hydrogen-bond donors (Lipinski definition) is 1. The molecule has 1 N–H and O–H groups in total. The van der Waals surface area contributed by atoms with Crippen LogP contribution < -0.4 is 5.32 Å². The van der Waals surface area contributed by atoms with Crippen molar-refractivity contribution in [1.82, 2.24) is 20.2 Å². The van der Waals surface area contributed by atoms with Gasteiger partial charge in [-0.05, 0) is 40.4 Å². The molecule has 27 heavy (non-hydrogen) atoms. The van der Waals surface area contributed by atoms with E-state index in [1.54, 1.807) is 4.68 Å². The van der Waals surface area contributed by atoms with Crippen LogP contribution in [0.5, 0.6) is 0 Å². The van der Waals surface area contributed by atoms with Crippen LogP contribution in [0.25, 0.3) is 16.5 Å². The van der Waals surface area contributed by atoms with Gasteiger partial charge < -0.3 is 5.32 Å². The van der Waals surface area contributed by atoms with Crippen molar-refractivity contribution < 1.29 is 4.79 Å². The number of tetrazole rings is 1. The second kappa shape index (κ2) is 7.59. The lowest BCUT2D eigenvalue weighted by atomic mass is 10.1. The molecular weight excluding hydrogens is 358 g/mol. The average molecular weight is 375 g/mol. The van der Waals surface area contributed by atoms with Crippen LogP contribution in [0.1, 0.15) is 5.56 Å². The lowest BCUT2D eigenvalue weighted by Crippen LogP contribution is -2.15. The van der Waals surface area contributed by atoms with Crippen molar-refractivity contribution in [1.29, 1.82) is 0 Å². The molecular formula is C20H17N5OS. The fourth-order valence-electron chi connectivity index (χ4n) is 2.84. The van der Waals surface area contributed by atoms with Gasteiger partial charge in [0.1, 0.15) is 0 Å². The molecule has 0 saturated heterocycles. The molecule has 134 valence electrons. The third kappa shape index (κ3) is 3.68. The van der Waals surface area contributed by atoms with Gasteiger partial charge in [0.05, 0.1) is 11.4 Å². The van der Waals surface area contributed by atoms with Gasteiger partial charge in [-0.1, -0.05) is 66.4 Å². The van der Waals surface area contributed by atoms with Gasteiger partial charge in [0.15, 0.2) is 0 Å². The maximum atomic E-state index is 12.3. The van der Waals surface area contributed by atoms with Gasteiger partial charge >= 0.3 is 0 Å². The molecule has 3 aromatic carbocycles. The SMILES string of the molecule is Cc1ccccc1NC(=O)CSc1nnnn1-c1cccc2ccccc12. The normalized spacial score (nSPS) is 10.9. The van der Waals surface area contributed by atoms with Crippen LogP contribution in [0.15, 0.2) is 71.9 Å². The molecule has 0 aliphatic carbocycles. The Hall–Kier alpha value is -3.19. The third-order valence-corrected chi connectivity index (χ3v) is 5.11. The fraction of sp³-hybridized carbons (Fsp3) is 0.100. The van der Waals surface area contributed by atoms with E-state index in [-0.39, 0.29) is 11.7 Å². The third-order valence-electron chi connectivity index (χ3n) is 4.19. The number of fused-ring (bicyclic) bond motifs is 1. The zero-order valence-electron chi connectivity index (χ0n) is 14.7. The number of nitrogens with one attached hydrogen (secondary N) is 1. The van der Waals surface area contributed by atoms with E-state index in [4.69, 9.17) is 0 Å². The maximum absolute atomic E-state index is 12.3. The summed E-state index contributed by atoms with van der Waals surface area (Å²) in [5, 5.41) is 17.7. The number of anilines is 1. The van der Waals surface area contributed by atoms with Crippen molar-refractivity contribution in [2.75, 3.05) is 11.1 Å². The predicted molar refractivity (Wildman–Crippen MR) is 107 cm³/mol. The topological polar surface area (TPSA) is 72.7 Å². The average Bonchev–Trinajstić information content (AvgIpc) is 3.16. The molecule has 0 aliphatic heterocycles. The number of amides is 1. The Bertz CT molecular complexity index is 1100. The van der Waals surface area contributed by atoms with Gasteiger partial charge in [0, 0.05) is 11.1 Å². The van der Waals surface area contributed by atoms with E-state index in [0.717, 1.165) is 27.7 Å². The van der Waals surface area contributed by atoms with Crippen LogP contribution >= 0.6 is 11.8 Å². The monoisotopic (exact) mass is 375 g/mol. The summed E-state index contributed by atoms with van der Waals surface area (Å²) in [6.45, 7) is 1.96. The molecule has 0 atom stereocenters. The molecule has 7 heteroatoms. The smallest absolute Gasteiger partial charge is 0.234 e. The molecule has 0 fully saturated rings. The van der Waals surface area contributed by atoms with Gasteiger partial charge in [-0.15, -0.1) is 5.10 Å². The first-order valence-corrected chi connectivity index (χ1v) is 9.46. The van der Waals surface area contributed by atoms with Crippen molar-refractivity contribution in [2.45, 2.75) is 12.1 Å². The van der Waals surface area contributed by atoms with Crippen molar-refractivity contribution in [3.05, 3.63) is 72.3 Å². The van der Waals surface area contributed by atoms with Crippen molar-refractivity contribution in [3.8, 4) is 5.69 Å². The molecule has 0 aliphatic rings. The van der Waals surface area contributed by atoms with Gasteiger partial charge in [0.2, 0.25) is 11.1 Å². The maximum Gasteiger partial charge on any atom is 0.234 e. The van der Waals surface area contributed by atoms with E-state index >= 15 is 0 Å². The summed E-state index contributed by atoms with van der Waals surface area (Å²) in [6, 6.07) is 21.7. The Morgan fingerprint density at radius 3 is 2.70 bits per heavy atom. The summed E-state index contributed by atoms with van der Waals surface area (Å²) in [6.07, 6.45) is 0. The van der Waals surface area contributed by atoms with E-state index < -0.39 is 0 Å². The first kappa shape index (κ1) is 17.2. The standard InChI is InChI=1S/C20H17N5OS/c1-14-7-2-5-11-17(14)21-19(26)13-27-20-22-23-24-25(20)18-12-6-9-15-8-3-4-10-16(15)18/h2-12H,13H2,1H3,(H,21,26). The van der Waals surface area contributed by atoms with Crippen LogP contribution in [0.2, 0.25) is 0 Å². The summed E-state index contributed by atoms with van der Waals surface area (Å²) < 4.78 is 1.67. The first-order chi connectivity index (χ1) is 13.2. The van der Waals surface area contributed by atoms with Gasteiger partial charge in [-0.25, -0.2) is 0 Å². The number of nitrogens with zero attached hydrogens (tertiary/aromatic N) is 4. The first-order valence-electron chi connectivity index (χ1n) is 8.47. The molecule has 1 amide bonds. The second-order valence-corrected chi connectivity index (χ2v) is 6.97. The number of rotatable bonds is 5. The Morgan fingerprint density at radius 1 is 1.04 bits per heavy atom. The van der Waals surface area contributed by atoms with Crippen LogP contribution in [-0.4, -0.2) is 31.9 Å². The summed E-state index contributed by atoms with van der Waals surface area (Å²) in [7, 11) is 0. The molecule has 4 aromatic rings. The number of carbonyl (C=O) groups is 1. The highest BCUT2D eigenvalue weighted by Gasteiger charge is 2.14. The highest BCUT2D eigenvalue weighted by molar-refractivity contribution is 7.99. The molecule has 0 unspecified atom stereocenters. The predicted octanol–water partition coefficient (Wildman–Crippen LogP) is 3.85. The minimum absolute atomic E-state index is 0.0956. The number of thioether (sulfide) groups is 1. The van der Waals surface area contributed by atoms with Crippen molar-refractivity contribution in [3.63, 3.8) is 0 Å². The minimum atomic E-state index is -0.0956. The Balaban J connectivity index is 1.53. The highest BCUT2D eigenvalue weighted by atomic mass is 32.2. The van der Waals surface area contributed by atoms with E-state index in [2.05, 4.69) is 20.8 Å². The van der Waals surface area contributed by atoms with Crippen molar-refractivity contribution in [2.24, 2.45) is 0 Å². The lowest BCUT2D eigenvalue weighted by Gasteiger charge is -2.09. The van der Waals surface area contributed by atoms with E-state index in [1.165, 1.54) is 11.8 Å². The van der Waals surface area contributed by atoms with E-state index in [1.807, 2.05) is 73.7 Å². The highest BCUT2D eigenvalue weighted by Crippen LogP contribution is 2.25. The molecule has 4 rings (SSSR count). The zero-order chi connectivity index (χ0) is 18.6. The van der Waals surface area contributed by atoms with Gasteiger partial charge in [-0.2, -0.15) is 4.68 Å². The van der Waals surface area contributed by atoms with E-state index in [0.29, 0.717) is 5.16 Å². The number of aryl methyl sites for hydroxylation is 1. The minimum Gasteiger partial charge on any atom is -0.325 e. The van der Waals surface area contributed by atoms with Gasteiger partial charge in [0.25, 0.3) is 0 Å². The number of aromatic nitrogens is 4. The van der Waals surface area contributed by atoms with Gasteiger partial charge in [-0.3, -0.25) is 4.79 Å². The summed E-state index contributed by atoms with van der Waals surface area (Å²) in [5.74, 6) is 0.126. The molecule has 6 nitrogen and oxygen atoms in total. The zero-order valence-corrected chi connectivity index (χ0v) is 15.5. The fourth-order valence-corrected chi connectivity index (χ4v) is 3.53. The number of carbonyl (C=O) groups excluding carboxylic acids is 1. The van der Waals surface area contributed by atoms with E-state index in [9.17, 15) is 4.79 Å². The van der Waals surface area contributed by atoms with Crippen LogP contribution in [-0.2, 0) is 4.79 Å². The Morgan fingerprint density at radius 2 is 1.81 bits per heavy atom. The van der Waals surface area contributed by atoms with Crippen LogP contribution in [0.3, 0.4) is 0 Å². The van der Waals surface area contributed by atoms with Crippen LogP contribution in [0, 0.1) is 6.92 Å². The Kier molecular flexibility index (Phi) is 4.84. The quantitative estimate of drug-likeness (QED) is 0.536. The number of hydrogen-bond acceptors (Lipinski definition) is 5. The molecule has 1 heterocycles. The van der Waals surface area contributed by atoms with Crippen molar-refractivity contribution >= 4 is 34.1 Å². The number of para-hydroxylation sites is 1. The summed E-state index contributed by atoms with van der Waals surface area (Å²) in [4.78, 5) is 12.3. The Labute approximate surface area is 160 Å². The summed E-state index contributed by atoms with van der Waals surface area (Å²) >= 11 is 1.31. The molecule has 0 saturated carbocycles. The van der Waals surface area contributed by atoms with Crippen LogP contribution in [0.4, 0.5) is 5.69 Å². The molecule has 0 radical (unpaired) electrons. The largest absolute Gasteiger partial charge is 0.325 e. The number of benzene rings is 3. The molecule has 0 bridgehead atoms. The second-order valence-electron chi connectivity index (χ2n) is 6.02. The summed E-state index contributed by atoms with van der Waals surface area (Å²) in [5.41, 5.74) is 2.73. The molecule has 1 aromatic heterocycles. The molecule has 0 spiro atoms.